The number of aryl methyl sites for hydroxylation is 1. The molecule has 28 heavy (non-hydrogen) atoms. The topological polar surface area (TPSA) is 68.6 Å². The lowest BCUT2D eigenvalue weighted by molar-refractivity contribution is -0.149. The molecule has 0 aliphatic carbocycles. The maximum absolute atomic E-state index is 12.6. The van der Waals surface area contributed by atoms with Gasteiger partial charge in [0.05, 0.1) is 11.0 Å². The van der Waals surface area contributed by atoms with Crippen LogP contribution in [0.3, 0.4) is 0 Å². The summed E-state index contributed by atoms with van der Waals surface area (Å²) in [6.45, 7) is 7.14. The fourth-order valence-corrected chi connectivity index (χ4v) is 3.75. The van der Waals surface area contributed by atoms with Crippen LogP contribution in [0.15, 0.2) is 41.4 Å². The van der Waals surface area contributed by atoms with E-state index in [4.69, 9.17) is 4.74 Å². The molecule has 3 rings (SSSR count). The van der Waals surface area contributed by atoms with E-state index in [2.05, 4.69) is 0 Å². The van der Waals surface area contributed by atoms with Crippen molar-refractivity contribution in [2.24, 2.45) is 0 Å². The van der Waals surface area contributed by atoms with Gasteiger partial charge in [-0.1, -0.05) is 12.1 Å². The molecule has 146 valence electrons. The second-order valence-corrected chi connectivity index (χ2v) is 7.82. The van der Waals surface area contributed by atoms with E-state index < -0.39 is 17.1 Å². The molecule has 0 radical (unpaired) electrons. The maximum atomic E-state index is 12.6. The van der Waals surface area contributed by atoms with Crippen LogP contribution in [0.5, 0.6) is 0 Å². The Morgan fingerprint density at radius 3 is 2.64 bits per heavy atom. The third-order valence-electron chi connectivity index (χ3n) is 4.42. The lowest BCUT2D eigenvalue weighted by atomic mass is 10.1. The van der Waals surface area contributed by atoms with Gasteiger partial charge in [-0.2, -0.15) is 0 Å². The molecule has 6 nitrogen and oxygen atoms in total. The zero-order valence-electron chi connectivity index (χ0n) is 16.3. The second-order valence-electron chi connectivity index (χ2n) is 6.83. The first-order chi connectivity index (χ1) is 13.3. The van der Waals surface area contributed by atoms with Gasteiger partial charge in [0.25, 0.3) is 11.1 Å². The molecule has 1 aliphatic rings. The Bertz CT molecular complexity index is 975. The van der Waals surface area contributed by atoms with Crippen LogP contribution in [0, 0.1) is 13.8 Å². The number of imide groups is 1. The van der Waals surface area contributed by atoms with Crippen molar-refractivity contribution in [2.45, 2.75) is 33.8 Å². The predicted molar refractivity (Wildman–Crippen MR) is 109 cm³/mol. The first-order valence-corrected chi connectivity index (χ1v) is 9.78. The molecule has 1 aliphatic heterocycles. The van der Waals surface area contributed by atoms with E-state index in [-0.39, 0.29) is 17.6 Å². The van der Waals surface area contributed by atoms with E-state index in [1.54, 1.807) is 19.9 Å². The van der Waals surface area contributed by atoms with Gasteiger partial charge in [-0.3, -0.25) is 19.3 Å². The van der Waals surface area contributed by atoms with Crippen molar-refractivity contribution in [1.29, 1.82) is 0 Å². The molecule has 2 aromatic rings. The van der Waals surface area contributed by atoms with Gasteiger partial charge in [-0.05, 0) is 74.9 Å². The second kappa shape index (κ2) is 8.06. The zero-order valence-corrected chi connectivity index (χ0v) is 17.1. The Morgan fingerprint density at radius 2 is 1.93 bits per heavy atom. The molecule has 0 unspecified atom stereocenters. The molecule has 0 spiro atoms. The van der Waals surface area contributed by atoms with Gasteiger partial charge in [0.2, 0.25) is 0 Å². The van der Waals surface area contributed by atoms with Crippen LogP contribution in [-0.4, -0.2) is 39.2 Å². The number of hydrogen-bond donors (Lipinski definition) is 0. The number of esters is 1. The van der Waals surface area contributed by atoms with E-state index in [1.165, 1.54) is 5.56 Å². The number of aromatic nitrogens is 1. The van der Waals surface area contributed by atoms with E-state index >= 15 is 0 Å². The highest BCUT2D eigenvalue weighted by molar-refractivity contribution is 8.18. The quantitative estimate of drug-likeness (QED) is 0.561. The van der Waals surface area contributed by atoms with E-state index in [0.29, 0.717) is 0 Å². The van der Waals surface area contributed by atoms with Gasteiger partial charge in [0.1, 0.15) is 6.54 Å². The Hall–Kier alpha value is -2.80. The molecular formula is C21H22N2O4S. The number of hydrogen-bond acceptors (Lipinski definition) is 5. The molecule has 0 atom stereocenters. The van der Waals surface area contributed by atoms with Crippen molar-refractivity contribution in [3.63, 3.8) is 0 Å². The summed E-state index contributed by atoms with van der Waals surface area (Å²) in [5.41, 5.74) is 4.10. The van der Waals surface area contributed by atoms with Gasteiger partial charge in [-0.25, -0.2) is 0 Å². The number of carbonyl (C=O) groups excluding carboxylic acids is 3. The van der Waals surface area contributed by atoms with Crippen LogP contribution in [0.4, 0.5) is 4.79 Å². The molecule has 2 heterocycles. The van der Waals surface area contributed by atoms with Crippen LogP contribution in [0.2, 0.25) is 0 Å². The number of nitrogens with zero attached hydrogens (tertiary/aromatic N) is 2. The molecule has 1 fully saturated rings. The summed E-state index contributed by atoms with van der Waals surface area (Å²) in [6, 6.07) is 9.80. The molecule has 0 bridgehead atoms. The van der Waals surface area contributed by atoms with Crippen molar-refractivity contribution in [2.75, 3.05) is 6.54 Å². The molecular weight excluding hydrogens is 376 g/mol. The van der Waals surface area contributed by atoms with Crippen molar-refractivity contribution < 1.29 is 19.1 Å². The van der Waals surface area contributed by atoms with Crippen LogP contribution in [0.1, 0.15) is 30.7 Å². The van der Waals surface area contributed by atoms with Crippen molar-refractivity contribution in [3.8, 4) is 5.69 Å². The van der Waals surface area contributed by atoms with Crippen molar-refractivity contribution >= 4 is 35.0 Å². The molecule has 1 aromatic heterocycles. The van der Waals surface area contributed by atoms with Crippen LogP contribution < -0.4 is 0 Å². The number of rotatable bonds is 5. The molecule has 0 saturated carbocycles. The number of carbonyl (C=O) groups is 3. The highest BCUT2D eigenvalue weighted by atomic mass is 32.2. The SMILES string of the molecule is Cc1cccc(-n2cccc2/C=C2/SC(=O)N(CC(=O)OC(C)C)C2=O)c1C. The Labute approximate surface area is 168 Å². The maximum Gasteiger partial charge on any atom is 0.326 e. The molecule has 7 heteroatoms. The smallest absolute Gasteiger partial charge is 0.326 e. The third kappa shape index (κ3) is 4.04. The number of ether oxygens (including phenoxy) is 1. The molecule has 2 amide bonds. The van der Waals surface area contributed by atoms with Gasteiger partial charge >= 0.3 is 5.97 Å². The molecule has 0 N–H and O–H groups in total. The normalized spacial score (nSPS) is 15.8. The molecule has 1 aromatic carbocycles. The van der Waals surface area contributed by atoms with Crippen LogP contribution >= 0.6 is 11.8 Å². The highest BCUT2D eigenvalue weighted by Gasteiger charge is 2.37. The minimum atomic E-state index is -0.600. The van der Waals surface area contributed by atoms with Gasteiger partial charge in [0.15, 0.2) is 0 Å². The first-order valence-electron chi connectivity index (χ1n) is 8.96. The minimum Gasteiger partial charge on any atom is -0.462 e. The summed E-state index contributed by atoms with van der Waals surface area (Å²) in [4.78, 5) is 37.9. The third-order valence-corrected chi connectivity index (χ3v) is 5.33. The van der Waals surface area contributed by atoms with Crippen LogP contribution in [-0.2, 0) is 14.3 Å². The largest absolute Gasteiger partial charge is 0.462 e. The fourth-order valence-electron chi connectivity index (χ4n) is 2.93. The van der Waals surface area contributed by atoms with E-state index in [1.807, 2.05) is 54.9 Å². The van der Waals surface area contributed by atoms with E-state index in [9.17, 15) is 14.4 Å². The monoisotopic (exact) mass is 398 g/mol. The van der Waals surface area contributed by atoms with Gasteiger partial charge in [0, 0.05) is 17.6 Å². The average Bonchev–Trinajstić information content (AvgIpc) is 3.17. The lowest BCUT2D eigenvalue weighted by Gasteiger charge is -2.13. The van der Waals surface area contributed by atoms with Crippen LogP contribution in [0.25, 0.3) is 11.8 Å². The summed E-state index contributed by atoms with van der Waals surface area (Å²) in [6.07, 6.45) is 3.29. The van der Waals surface area contributed by atoms with E-state index in [0.717, 1.165) is 33.6 Å². The van der Waals surface area contributed by atoms with Gasteiger partial charge in [-0.15, -0.1) is 0 Å². The summed E-state index contributed by atoms with van der Waals surface area (Å²) >= 11 is 0.830. The van der Waals surface area contributed by atoms with Crippen molar-refractivity contribution in [3.05, 3.63) is 58.3 Å². The number of amides is 2. The number of thioether (sulfide) groups is 1. The lowest BCUT2D eigenvalue weighted by Crippen LogP contribution is -2.35. The van der Waals surface area contributed by atoms with Crippen molar-refractivity contribution in [1.82, 2.24) is 9.47 Å². The Morgan fingerprint density at radius 1 is 1.18 bits per heavy atom. The number of benzene rings is 1. The predicted octanol–water partition coefficient (Wildman–Crippen LogP) is 4.08. The summed E-state index contributed by atoms with van der Waals surface area (Å²) < 4.78 is 7.01. The van der Waals surface area contributed by atoms with Gasteiger partial charge < -0.3 is 9.30 Å². The summed E-state index contributed by atoms with van der Waals surface area (Å²) in [5.74, 6) is -1.08. The minimum absolute atomic E-state index is 0.285. The summed E-state index contributed by atoms with van der Waals surface area (Å²) in [7, 11) is 0. The highest BCUT2D eigenvalue weighted by Crippen LogP contribution is 2.33. The fraction of sp³-hybridized carbons (Fsp3) is 0.286. The Kier molecular flexibility index (Phi) is 5.74. The first kappa shape index (κ1) is 19.9. The molecule has 1 saturated heterocycles. The Balaban J connectivity index is 1.87. The summed E-state index contributed by atoms with van der Waals surface area (Å²) in [5, 5.41) is -0.471. The zero-order chi connectivity index (χ0) is 20.4. The average molecular weight is 398 g/mol. The standard InChI is InChI=1S/C21H22N2O4S/c1-13(2)27-19(24)12-23-20(25)18(28-21(23)26)11-16-8-6-10-22(16)17-9-5-7-14(3)15(17)4/h5-11,13H,12H2,1-4H3/b18-11+.